The van der Waals surface area contributed by atoms with Crippen molar-refractivity contribution < 1.29 is 14.3 Å². The molecule has 0 spiro atoms. The van der Waals surface area contributed by atoms with E-state index in [0.717, 1.165) is 22.6 Å². The van der Waals surface area contributed by atoms with Gasteiger partial charge in [0.15, 0.2) is 18.1 Å². The van der Waals surface area contributed by atoms with Gasteiger partial charge in [0.25, 0.3) is 5.91 Å². The SMILES string of the molecule is C/C=C/c1ccc(OCC(=O)Nc2cccc(Cn3ccnc3C(C)C)c2)c(OC)c1. The van der Waals surface area contributed by atoms with Crippen molar-refractivity contribution in [3.8, 4) is 11.5 Å². The Morgan fingerprint density at radius 2 is 2.03 bits per heavy atom. The summed E-state index contributed by atoms with van der Waals surface area (Å²) in [6.45, 7) is 6.79. The lowest BCUT2D eigenvalue weighted by Gasteiger charge is -2.13. The summed E-state index contributed by atoms with van der Waals surface area (Å²) in [6.07, 6.45) is 7.72. The molecule has 1 aromatic heterocycles. The maximum Gasteiger partial charge on any atom is 0.262 e. The van der Waals surface area contributed by atoms with Crippen LogP contribution in [-0.4, -0.2) is 29.2 Å². The van der Waals surface area contributed by atoms with E-state index in [-0.39, 0.29) is 12.5 Å². The lowest BCUT2D eigenvalue weighted by molar-refractivity contribution is -0.118. The predicted octanol–water partition coefficient (Wildman–Crippen LogP) is 5.11. The van der Waals surface area contributed by atoms with Gasteiger partial charge in [0.05, 0.1) is 7.11 Å². The van der Waals surface area contributed by atoms with E-state index in [1.165, 1.54) is 0 Å². The fraction of sp³-hybridized carbons (Fsp3) is 0.280. The highest BCUT2D eigenvalue weighted by Crippen LogP contribution is 2.28. The van der Waals surface area contributed by atoms with Crippen LogP contribution in [-0.2, 0) is 11.3 Å². The van der Waals surface area contributed by atoms with Crippen molar-refractivity contribution in [2.24, 2.45) is 0 Å². The zero-order valence-corrected chi connectivity index (χ0v) is 18.5. The summed E-state index contributed by atoms with van der Waals surface area (Å²) in [5, 5.41) is 2.90. The number of benzene rings is 2. The molecule has 2 aromatic carbocycles. The molecule has 1 heterocycles. The molecule has 0 aliphatic carbocycles. The zero-order valence-electron chi connectivity index (χ0n) is 18.5. The van der Waals surface area contributed by atoms with Crippen LogP contribution in [0.1, 0.15) is 43.6 Å². The molecular weight excluding hydrogens is 390 g/mol. The molecule has 1 N–H and O–H groups in total. The highest BCUT2D eigenvalue weighted by molar-refractivity contribution is 5.92. The Labute approximate surface area is 183 Å². The van der Waals surface area contributed by atoms with Crippen molar-refractivity contribution in [1.82, 2.24) is 9.55 Å². The Bertz CT molecular complexity index is 1050. The van der Waals surface area contributed by atoms with Gasteiger partial charge in [-0.05, 0) is 42.3 Å². The van der Waals surface area contributed by atoms with Crippen molar-refractivity contribution in [2.45, 2.75) is 33.2 Å². The smallest absolute Gasteiger partial charge is 0.262 e. The summed E-state index contributed by atoms with van der Waals surface area (Å²) >= 11 is 0. The number of imidazole rings is 1. The second-order valence-electron chi connectivity index (χ2n) is 7.52. The van der Waals surface area contributed by atoms with Crippen LogP contribution in [0, 0.1) is 0 Å². The van der Waals surface area contributed by atoms with Gasteiger partial charge in [0.2, 0.25) is 0 Å². The van der Waals surface area contributed by atoms with E-state index in [9.17, 15) is 4.79 Å². The van der Waals surface area contributed by atoms with Gasteiger partial charge < -0.3 is 19.4 Å². The number of carbonyl (C=O) groups excluding carboxylic acids is 1. The molecule has 162 valence electrons. The molecule has 3 aromatic rings. The van der Waals surface area contributed by atoms with Crippen LogP contribution >= 0.6 is 0 Å². The molecule has 3 rings (SSSR count). The standard InChI is InChI=1S/C25H29N3O3/c1-5-7-19-10-11-22(23(15-19)30-4)31-17-24(29)27-21-9-6-8-20(14-21)16-28-13-12-26-25(28)18(2)3/h5-15,18H,16-17H2,1-4H3,(H,27,29)/b7-5+. The van der Waals surface area contributed by atoms with E-state index in [0.29, 0.717) is 24.0 Å². The van der Waals surface area contributed by atoms with Crippen molar-refractivity contribution in [3.63, 3.8) is 0 Å². The topological polar surface area (TPSA) is 65.4 Å². The number of nitrogens with one attached hydrogen (secondary N) is 1. The highest BCUT2D eigenvalue weighted by Gasteiger charge is 2.10. The molecular formula is C25H29N3O3. The third kappa shape index (κ3) is 5.98. The van der Waals surface area contributed by atoms with E-state index in [2.05, 4.69) is 28.7 Å². The molecule has 0 aliphatic rings. The first kappa shape index (κ1) is 22.2. The lowest BCUT2D eigenvalue weighted by atomic mass is 10.1. The van der Waals surface area contributed by atoms with Crippen molar-refractivity contribution in [1.29, 1.82) is 0 Å². The van der Waals surface area contributed by atoms with Crippen LogP contribution in [0.15, 0.2) is 60.9 Å². The molecule has 31 heavy (non-hydrogen) atoms. The second-order valence-corrected chi connectivity index (χ2v) is 7.52. The lowest BCUT2D eigenvalue weighted by Crippen LogP contribution is -2.20. The number of anilines is 1. The van der Waals surface area contributed by atoms with E-state index in [4.69, 9.17) is 9.47 Å². The van der Waals surface area contributed by atoms with E-state index < -0.39 is 0 Å². The van der Waals surface area contributed by atoms with Crippen molar-refractivity contribution in [3.05, 3.63) is 77.9 Å². The number of nitrogens with zero attached hydrogens (tertiary/aromatic N) is 2. The van der Waals surface area contributed by atoms with E-state index in [1.807, 2.05) is 67.9 Å². The minimum Gasteiger partial charge on any atom is -0.493 e. The normalized spacial score (nSPS) is 11.1. The van der Waals surface area contributed by atoms with Gasteiger partial charge in [0, 0.05) is 30.5 Å². The maximum atomic E-state index is 12.4. The van der Waals surface area contributed by atoms with Crippen LogP contribution < -0.4 is 14.8 Å². The van der Waals surface area contributed by atoms with Crippen LogP contribution in [0.3, 0.4) is 0 Å². The fourth-order valence-electron chi connectivity index (χ4n) is 3.34. The van der Waals surface area contributed by atoms with Crippen LogP contribution in [0.4, 0.5) is 5.69 Å². The largest absolute Gasteiger partial charge is 0.493 e. The Morgan fingerprint density at radius 3 is 2.77 bits per heavy atom. The van der Waals surface area contributed by atoms with Gasteiger partial charge in [-0.2, -0.15) is 0 Å². The first-order valence-electron chi connectivity index (χ1n) is 10.3. The Balaban J connectivity index is 1.61. The number of carbonyl (C=O) groups is 1. The molecule has 6 nitrogen and oxygen atoms in total. The number of rotatable bonds is 9. The number of hydrogen-bond acceptors (Lipinski definition) is 4. The first-order valence-corrected chi connectivity index (χ1v) is 10.3. The Hall–Kier alpha value is -3.54. The van der Waals surface area contributed by atoms with Gasteiger partial charge in [-0.1, -0.05) is 44.2 Å². The highest BCUT2D eigenvalue weighted by atomic mass is 16.5. The number of hydrogen-bond donors (Lipinski definition) is 1. The number of aromatic nitrogens is 2. The minimum absolute atomic E-state index is 0.109. The summed E-state index contributed by atoms with van der Waals surface area (Å²) in [5.74, 6) is 2.27. The number of allylic oxidation sites excluding steroid dienone is 1. The average molecular weight is 420 g/mol. The minimum atomic E-state index is -0.234. The number of ether oxygens (including phenoxy) is 2. The molecule has 0 bridgehead atoms. The average Bonchev–Trinajstić information content (AvgIpc) is 3.21. The molecule has 0 unspecified atom stereocenters. The number of amides is 1. The zero-order chi connectivity index (χ0) is 22.2. The molecule has 0 saturated carbocycles. The maximum absolute atomic E-state index is 12.4. The fourth-order valence-corrected chi connectivity index (χ4v) is 3.34. The van der Waals surface area contributed by atoms with Crippen LogP contribution in [0.25, 0.3) is 6.08 Å². The molecule has 0 saturated heterocycles. The summed E-state index contributed by atoms with van der Waals surface area (Å²) in [6, 6.07) is 13.4. The van der Waals surface area contributed by atoms with Gasteiger partial charge in [-0.15, -0.1) is 0 Å². The summed E-state index contributed by atoms with van der Waals surface area (Å²) in [7, 11) is 1.58. The molecule has 0 radical (unpaired) electrons. The Kier molecular flexibility index (Phi) is 7.49. The van der Waals surface area contributed by atoms with Crippen molar-refractivity contribution in [2.75, 3.05) is 19.0 Å². The predicted molar refractivity (Wildman–Crippen MR) is 124 cm³/mol. The first-order chi connectivity index (χ1) is 15.0. The molecule has 0 fully saturated rings. The second kappa shape index (κ2) is 10.5. The third-order valence-corrected chi connectivity index (χ3v) is 4.73. The molecule has 1 amide bonds. The van der Waals surface area contributed by atoms with E-state index in [1.54, 1.807) is 13.2 Å². The van der Waals surface area contributed by atoms with Crippen LogP contribution in [0.2, 0.25) is 0 Å². The van der Waals surface area contributed by atoms with Crippen LogP contribution in [0.5, 0.6) is 11.5 Å². The van der Waals surface area contributed by atoms with Gasteiger partial charge >= 0.3 is 0 Å². The van der Waals surface area contributed by atoms with Gasteiger partial charge in [-0.25, -0.2) is 4.98 Å². The summed E-state index contributed by atoms with van der Waals surface area (Å²) < 4.78 is 13.2. The van der Waals surface area contributed by atoms with Crippen molar-refractivity contribution >= 4 is 17.7 Å². The molecule has 0 aliphatic heterocycles. The summed E-state index contributed by atoms with van der Waals surface area (Å²) in [5.41, 5.74) is 2.82. The third-order valence-electron chi connectivity index (χ3n) is 4.73. The van der Waals surface area contributed by atoms with E-state index >= 15 is 0 Å². The monoisotopic (exact) mass is 419 g/mol. The molecule has 6 heteroatoms. The van der Waals surface area contributed by atoms with Gasteiger partial charge in [0.1, 0.15) is 5.82 Å². The molecule has 0 atom stereocenters. The Morgan fingerprint density at radius 1 is 1.19 bits per heavy atom. The summed E-state index contributed by atoms with van der Waals surface area (Å²) in [4.78, 5) is 16.9. The quantitative estimate of drug-likeness (QED) is 0.523. The number of methoxy groups -OCH3 is 1. The van der Waals surface area contributed by atoms with Gasteiger partial charge in [-0.3, -0.25) is 4.79 Å².